The van der Waals surface area contributed by atoms with Gasteiger partial charge in [-0.2, -0.15) is 0 Å². The lowest BCUT2D eigenvalue weighted by Gasteiger charge is -2.29. The summed E-state index contributed by atoms with van der Waals surface area (Å²) < 4.78 is 27.0. The fourth-order valence-corrected chi connectivity index (χ4v) is 6.62. The predicted molar refractivity (Wildman–Crippen MR) is 163 cm³/mol. The molecule has 0 radical (unpaired) electrons. The summed E-state index contributed by atoms with van der Waals surface area (Å²) in [5.74, 6) is -1.37. The number of nitrogens with one attached hydrogen (secondary N) is 3. The van der Waals surface area contributed by atoms with Crippen LogP contribution in [-0.4, -0.2) is 68.0 Å². The van der Waals surface area contributed by atoms with Gasteiger partial charge in [0.2, 0.25) is 10.0 Å². The average Bonchev–Trinajstić information content (AvgIpc) is 2.97. The van der Waals surface area contributed by atoms with Crippen molar-refractivity contribution in [3.8, 4) is 0 Å². The monoisotopic (exact) mass is 594 g/mol. The van der Waals surface area contributed by atoms with E-state index in [1.807, 2.05) is 37.3 Å². The molecule has 1 saturated heterocycles. The van der Waals surface area contributed by atoms with Crippen molar-refractivity contribution >= 4 is 33.3 Å². The van der Waals surface area contributed by atoms with Crippen molar-refractivity contribution in [1.82, 2.24) is 10.6 Å². The second-order valence-electron chi connectivity index (χ2n) is 10.4. The molecule has 1 aliphatic rings. The van der Waals surface area contributed by atoms with Crippen molar-refractivity contribution in [3.63, 3.8) is 0 Å². The first-order valence-electron chi connectivity index (χ1n) is 14.1. The smallest absolute Gasteiger partial charge is 0.335 e. The Labute approximate surface area is 246 Å². The summed E-state index contributed by atoms with van der Waals surface area (Å²) in [6.45, 7) is 3.34. The van der Waals surface area contributed by atoms with Crippen LogP contribution in [0.1, 0.15) is 51.6 Å². The number of aliphatic hydroxyl groups excluding tert-OH is 1. The summed E-state index contributed by atoms with van der Waals surface area (Å²) in [6.07, 6.45) is 0.739. The van der Waals surface area contributed by atoms with Gasteiger partial charge in [-0.3, -0.25) is 9.10 Å². The quantitative estimate of drug-likeness (QED) is 0.203. The molecular formula is C31H38N4O6S. The maximum atomic E-state index is 13.6. The number of sulfonamides is 1. The highest BCUT2D eigenvalue weighted by molar-refractivity contribution is 7.92. The van der Waals surface area contributed by atoms with E-state index in [2.05, 4.69) is 16.0 Å². The number of hydrogen-bond donors (Lipinski definition) is 5. The highest BCUT2D eigenvalue weighted by Crippen LogP contribution is 2.28. The summed E-state index contributed by atoms with van der Waals surface area (Å²) in [7, 11) is -3.48. The normalized spacial score (nSPS) is 15.9. The van der Waals surface area contributed by atoms with E-state index in [1.165, 1.54) is 10.4 Å². The topological polar surface area (TPSA) is 148 Å². The van der Waals surface area contributed by atoms with Gasteiger partial charge >= 0.3 is 5.97 Å². The summed E-state index contributed by atoms with van der Waals surface area (Å²) in [4.78, 5) is 24.9. The van der Waals surface area contributed by atoms with E-state index in [4.69, 9.17) is 0 Å². The first-order valence-corrected chi connectivity index (χ1v) is 15.7. The number of nitrogens with zero attached hydrogens (tertiary/aromatic N) is 1. The van der Waals surface area contributed by atoms with Crippen LogP contribution in [0.4, 0.5) is 11.4 Å². The van der Waals surface area contributed by atoms with E-state index in [1.54, 1.807) is 36.4 Å². The van der Waals surface area contributed by atoms with Gasteiger partial charge in [-0.05, 0) is 67.6 Å². The van der Waals surface area contributed by atoms with Crippen LogP contribution in [0.5, 0.6) is 0 Å². The Hall–Kier alpha value is -3.93. The Balaban J connectivity index is 1.53. The first-order chi connectivity index (χ1) is 20.2. The van der Waals surface area contributed by atoms with Gasteiger partial charge in [0.05, 0.1) is 29.1 Å². The Morgan fingerprint density at radius 1 is 0.952 bits per heavy atom. The zero-order valence-corrected chi connectivity index (χ0v) is 24.4. The molecule has 0 unspecified atom stereocenters. The van der Waals surface area contributed by atoms with Crippen LogP contribution in [0, 0.1) is 0 Å². The second-order valence-corrected chi connectivity index (χ2v) is 12.4. The molecule has 42 heavy (non-hydrogen) atoms. The van der Waals surface area contributed by atoms with Gasteiger partial charge in [-0.15, -0.1) is 0 Å². The predicted octanol–water partition coefficient (Wildman–Crippen LogP) is 3.24. The molecule has 224 valence electrons. The van der Waals surface area contributed by atoms with Crippen LogP contribution in [0.2, 0.25) is 0 Å². The Morgan fingerprint density at radius 3 is 2.43 bits per heavy atom. The SMILES string of the molecule is CCNc1cc(C(=O)N[C@@H](Cc2ccccc2)[C@H](O)CNCc2cccc(C(=O)O)c2)cc(N2CCCCS2(=O)=O)c1. The number of benzene rings is 3. The van der Waals surface area contributed by atoms with Crippen molar-refractivity contribution in [2.75, 3.05) is 35.0 Å². The highest BCUT2D eigenvalue weighted by atomic mass is 32.2. The van der Waals surface area contributed by atoms with Gasteiger partial charge in [0.15, 0.2) is 0 Å². The Bertz CT molecular complexity index is 1480. The van der Waals surface area contributed by atoms with Crippen molar-refractivity contribution in [3.05, 3.63) is 95.1 Å². The standard InChI is InChI=1S/C31H38N4O6S/c1-2-33-26-17-25(18-27(19-26)35-13-6-7-14-42(35,40)41)30(37)34-28(16-22-9-4-3-5-10-22)29(36)21-32-20-23-11-8-12-24(15-23)31(38)39/h3-5,8-12,15,17-19,28-29,32-33,36H,2,6-7,13-14,16,20-21H2,1H3,(H,34,37)(H,38,39)/t28-,29+/m0/s1. The van der Waals surface area contributed by atoms with Gasteiger partial charge in [0.1, 0.15) is 0 Å². The van der Waals surface area contributed by atoms with E-state index in [0.717, 1.165) is 17.5 Å². The molecule has 0 bridgehead atoms. The molecule has 0 aromatic heterocycles. The molecule has 0 spiro atoms. The molecule has 1 aliphatic heterocycles. The number of aromatic carboxylic acids is 1. The van der Waals surface area contributed by atoms with Crippen molar-refractivity contribution in [2.45, 2.75) is 44.9 Å². The van der Waals surface area contributed by atoms with Crippen LogP contribution in [-0.2, 0) is 23.0 Å². The fraction of sp³-hybridized carbons (Fsp3) is 0.355. The van der Waals surface area contributed by atoms with E-state index in [0.29, 0.717) is 43.9 Å². The van der Waals surface area contributed by atoms with Crippen molar-refractivity contribution in [2.24, 2.45) is 0 Å². The largest absolute Gasteiger partial charge is 0.478 e. The molecule has 1 fully saturated rings. The van der Waals surface area contributed by atoms with Gasteiger partial charge in [-0.1, -0.05) is 42.5 Å². The molecule has 5 N–H and O–H groups in total. The van der Waals surface area contributed by atoms with Crippen molar-refractivity contribution < 1.29 is 28.2 Å². The molecular weight excluding hydrogens is 556 g/mol. The van der Waals surface area contributed by atoms with Gasteiger partial charge < -0.3 is 26.2 Å². The molecule has 10 nitrogen and oxygen atoms in total. The first kappa shape index (κ1) is 31.0. The Morgan fingerprint density at radius 2 is 1.71 bits per heavy atom. The lowest BCUT2D eigenvalue weighted by Crippen LogP contribution is -2.48. The van der Waals surface area contributed by atoms with Crippen LogP contribution >= 0.6 is 0 Å². The van der Waals surface area contributed by atoms with Crippen LogP contribution in [0.15, 0.2) is 72.8 Å². The molecule has 1 amide bonds. The average molecular weight is 595 g/mol. The molecule has 1 heterocycles. The zero-order chi connectivity index (χ0) is 30.1. The summed E-state index contributed by atoms with van der Waals surface area (Å²) in [6, 6.07) is 20.4. The molecule has 3 aromatic rings. The van der Waals surface area contributed by atoms with Gasteiger partial charge in [0.25, 0.3) is 5.91 Å². The lowest BCUT2D eigenvalue weighted by molar-refractivity contribution is 0.0696. The van der Waals surface area contributed by atoms with Crippen LogP contribution in [0.25, 0.3) is 0 Å². The lowest BCUT2D eigenvalue weighted by atomic mass is 10.00. The van der Waals surface area contributed by atoms with E-state index < -0.39 is 34.0 Å². The second kappa shape index (κ2) is 14.3. The molecule has 0 aliphatic carbocycles. The highest BCUT2D eigenvalue weighted by Gasteiger charge is 2.28. The number of carboxylic acid groups (broad SMARTS) is 1. The summed E-state index contributed by atoms with van der Waals surface area (Å²) in [5, 5.41) is 29.7. The number of amides is 1. The summed E-state index contributed by atoms with van der Waals surface area (Å²) >= 11 is 0. The number of anilines is 2. The van der Waals surface area contributed by atoms with E-state index in [-0.39, 0.29) is 23.4 Å². The van der Waals surface area contributed by atoms with Crippen molar-refractivity contribution in [1.29, 1.82) is 0 Å². The Kier molecular flexibility index (Phi) is 10.6. The number of carbonyl (C=O) groups is 2. The minimum atomic E-state index is -3.48. The maximum absolute atomic E-state index is 13.6. The number of rotatable bonds is 13. The molecule has 4 rings (SSSR count). The minimum absolute atomic E-state index is 0.0684. The molecule has 0 saturated carbocycles. The van der Waals surface area contributed by atoms with Crippen LogP contribution < -0.4 is 20.3 Å². The van der Waals surface area contributed by atoms with E-state index in [9.17, 15) is 28.2 Å². The third kappa shape index (κ3) is 8.31. The number of aliphatic hydroxyl groups is 1. The minimum Gasteiger partial charge on any atom is -0.478 e. The van der Waals surface area contributed by atoms with E-state index >= 15 is 0 Å². The van der Waals surface area contributed by atoms with Crippen LogP contribution in [0.3, 0.4) is 0 Å². The third-order valence-corrected chi connectivity index (χ3v) is 9.00. The third-order valence-electron chi connectivity index (χ3n) is 7.13. The summed E-state index contributed by atoms with van der Waals surface area (Å²) in [5.41, 5.74) is 3.22. The number of carboxylic acids is 1. The molecule has 3 aromatic carbocycles. The fourth-order valence-electron chi connectivity index (χ4n) is 5.00. The van der Waals surface area contributed by atoms with Gasteiger partial charge in [0, 0.05) is 37.4 Å². The van der Waals surface area contributed by atoms with Gasteiger partial charge in [-0.25, -0.2) is 13.2 Å². The number of carbonyl (C=O) groups excluding carboxylic acids is 1. The molecule has 11 heteroatoms. The molecule has 2 atom stereocenters. The number of hydrogen-bond acceptors (Lipinski definition) is 7. The maximum Gasteiger partial charge on any atom is 0.335 e. The zero-order valence-electron chi connectivity index (χ0n) is 23.6.